The fourth-order valence-electron chi connectivity index (χ4n) is 2.74. The number of carbonyl (C=O) groups is 2. The molecule has 1 fully saturated rings. The quantitative estimate of drug-likeness (QED) is 0.795. The number of hydrogen-bond acceptors (Lipinski definition) is 3. The summed E-state index contributed by atoms with van der Waals surface area (Å²) in [5.41, 5.74) is 1.27. The fourth-order valence-corrected chi connectivity index (χ4v) is 2.74. The van der Waals surface area contributed by atoms with Crippen molar-refractivity contribution in [3.05, 3.63) is 29.8 Å². The normalized spacial score (nSPS) is 17.0. The lowest BCUT2D eigenvalue weighted by Crippen LogP contribution is -2.34. The minimum atomic E-state index is -0.154. The van der Waals surface area contributed by atoms with Gasteiger partial charge in [-0.15, -0.1) is 0 Å². The van der Waals surface area contributed by atoms with Crippen LogP contribution < -0.4 is 10.6 Å². The van der Waals surface area contributed by atoms with E-state index in [0.717, 1.165) is 32.3 Å². The first-order valence-electron chi connectivity index (χ1n) is 9.12. The van der Waals surface area contributed by atoms with Crippen LogP contribution in [0.15, 0.2) is 24.3 Å². The van der Waals surface area contributed by atoms with Gasteiger partial charge in [0.15, 0.2) is 0 Å². The third-order valence-corrected chi connectivity index (χ3v) is 4.34. The van der Waals surface area contributed by atoms with Crippen LogP contribution in [0.25, 0.3) is 0 Å². The minimum absolute atomic E-state index is 0.0932. The first kappa shape index (κ1) is 19.2. The number of benzene rings is 1. The highest BCUT2D eigenvalue weighted by Crippen LogP contribution is 2.16. The van der Waals surface area contributed by atoms with E-state index in [0.29, 0.717) is 24.3 Å². The largest absolute Gasteiger partial charge is 0.378 e. The van der Waals surface area contributed by atoms with Gasteiger partial charge in [0.2, 0.25) is 0 Å². The molecule has 0 bridgehead atoms. The third kappa shape index (κ3) is 6.38. The number of anilines is 1. The van der Waals surface area contributed by atoms with Gasteiger partial charge >= 0.3 is 6.03 Å². The van der Waals surface area contributed by atoms with E-state index in [2.05, 4.69) is 10.6 Å². The standard InChI is InChI=1S/C19H29N3O3/c1-3-12-20-18(23)15-7-9-16(10-8-15)21-19(24)22(2)13-11-17-6-4-5-14-25-17/h7-10,17H,3-6,11-14H2,1-2H3,(H,20,23)(H,21,24)/t17-/m0/s1. The summed E-state index contributed by atoms with van der Waals surface area (Å²) >= 11 is 0. The van der Waals surface area contributed by atoms with E-state index in [9.17, 15) is 9.59 Å². The highest BCUT2D eigenvalue weighted by Gasteiger charge is 2.16. The average molecular weight is 347 g/mol. The molecule has 6 heteroatoms. The van der Waals surface area contributed by atoms with Gasteiger partial charge in [0.05, 0.1) is 6.10 Å². The van der Waals surface area contributed by atoms with Gasteiger partial charge in [-0.3, -0.25) is 4.79 Å². The second kappa shape index (κ2) is 10.0. The molecule has 2 rings (SSSR count). The van der Waals surface area contributed by atoms with Crippen LogP contribution >= 0.6 is 0 Å². The summed E-state index contributed by atoms with van der Waals surface area (Å²) in [6, 6.07) is 6.78. The smallest absolute Gasteiger partial charge is 0.321 e. The predicted molar refractivity (Wildman–Crippen MR) is 98.9 cm³/mol. The first-order chi connectivity index (χ1) is 12.1. The molecule has 1 heterocycles. The van der Waals surface area contributed by atoms with Crippen LogP contribution in [0, 0.1) is 0 Å². The summed E-state index contributed by atoms with van der Waals surface area (Å²) in [6.45, 7) is 4.16. The minimum Gasteiger partial charge on any atom is -0.378 e. The topological polar surface area (TPSA) is 70.7 Å². The van der Waals surface area contributed by atoms with Gasteiger partial charge in [-0.25, -0.2) is 4.79 Å². The average Bonchev–Trinajstić information content (AvgIpc) is 2.65. The van der Waals surface area contributed by atoms with E-state index in [1.807, 2.05) is 6.92 Å². The first-order valence-corrected chi connectivity index (χ1v) is 9.12. The number of rotatable bonds is 7. The van der Waals surface area contributed by atoms with Gasteiger partial charge < -0.3 is 20.3 Å². The van der Waals surface area contributed by atoms with Gasteiger partial charge in [0.25, 0.3) is 5.91 Å². The predicted octanol–water partition coefficient (Wildman–Crippen LogP) is 3.25. The molecule has 1 saturated heterocycles. The highest BCUT2D eigenvalue weighted by molar-refractivity contribution is 5.95. The van der Waals surface area contributed by atoms with Crippen LogP contribution in [0.2, 0.25) is 0 Å². The molecule has 0 radical (unpaired) electrons. The zero-order valence-electron chi connectivity index (χ0n) is 15.2. The van der Waals surface area contributed by atoms with Crippen molar-refractivity contribution in [1.29, 1.82) is 0 Å². The molecular weight excluding hydrogens is 318 g/mol. The molecule has 0 spiro atoms. The van der Waals surface area contributed by atoms with E-state index >= 15 is 0 Å². The number of nitrogens with one attached hydrogen (secondary N) is 2. The lowest BCUT2D eigenvalue weighted by Gasteiger charge is -2.25. The van der Waals surface area contributed by atoms with E-state index < -0.39 is 0 Å². The summed E-state index contributed by atoms with van der Waals surface area (Å²) in [4.78, 5) is 25.8. The van der Waals surface area contributed by atoms with Crippen molar-refractivity contribution in [2.45, 2.75) is 45.1 Å². The fraction of sp³-hybridized carbons (Fsp3) is 0.579. The Hall–Kier alpha value is -2.08. The zero-order valence-corrected chi connectivity index (χ0v) is 15.2. The summed E-state index contributed by atoms with van der Waals surface area (Å²) in [5, 5.41) is 5.68. The van der Waals surface area contributed by atoms with E-state index in [4.69, 9.17) is 4.74 Å². The van der Waals surface area contributed by atoms with Crippen LogP contribution in [0.5, 0.6) is 0 Å². The molecule has 6 nitrogen and oxygen atoms in total. The summed E-state index contributed by atoms with van der Waals surface area (Å²) in [5.74, 6) is -0.0932. The van der Waals surface area contributed by atoms with Crippen molar-refractivity contribution in [2.24, 2.45) is 0 Å². The van der Waals surface area contributed by atoms with Gasteiger partial charge in [-0.1, -0.05) is 6.92 Å². The molecule has 1 atom stereocenters. The van der Waals surface area contributed by atoms with E-state index in [1.54, 1.807) is 36.2 Å². The van der Waals surface area contributed by atoms with Crippen LogP contribution in [-0.4, -0.2) is 49.7 Å². The monoisotopic (exact) mass is 347 g/mol. The number of hydrogen-bond donors (Lipinski definition) is 2. The second-order valence-corrected chi connectivity index (χ2v) is 6.46. The van der Waals surface area contributed by atoms with Crippen LogP contribution in [-0.2, 0) is 4.74 Å². The third-order valence-electron chi connectivity index (χ3n) is 4.34. The van der Waals surface area contributed by atoms with E-state index in [-0.39, 0.29) is 18.0 Å². The molecule has 138 valence electrons. The molecule has 0 unspecified atom stereocenters. The Morgan fingerprint density at radius 3 is 2.64 bits per heavy atom. The maximum absolute atomic E-state index is 12.2. The van der Waals surface area contributed by atoms with Gasteiger partial charge in [0.1, 0.15) is 0 Å². The Labute approximate surface area is 149 Å². The molecular formula is C19H29N3O3. The van der Waals surface area contributed by atoms with Crippen molar-refractivity contribution in [2.75, 3.05) is 32.1 Å². The lowest BCUT2D eigenvalue weighted by atomic mass is 10.1. The maximum Gasteiger partial charge on any atom is 0.321 e. The van der Waals surface area contributed by atoms with Gasteiger partial charge in [-0.05, 0) is 56.4 Å². The van der Waals surface area contributed by atoms with Crippen LogP contribution in [0.1, 0.15) is 49.4 Å². The molecule has 1 aliphatic heterocycles. The highest BCUT2D eigenvalue weighted by atomic mass is 16.5. The number of amides is 3. The molecule has 25 heavy (non-hydrogen) atoms. The van der Waals surface area contributed by atoms with Crippen LogP contribution in [0.3, 0.4) is 0 Å². The molecule has 1 aliphatic rings. The summed E-state index contributed by atoms with van der Waals surface area (Å²) < 4.78 is 5.69. The van der Waals surface area contributed by atoms with Crippen molar-refractivity contribution in [3.8, 4) is 0 Å². The molecule has 0 aliphatic carbocycles. The molecule has 1 aromatic rings. The van der Waals surface area contributed by atoms with E-state index in [1.165, 1.54) is 6.42 Å². The Balaban J connectivity index is 1.77. The summed E-state index contributed by atoms with van der Waals surface area (Å²) in [6.07, 6.45) is 5.46. The van der Waals surface area contributed by atoms with Gasteiger partial charge in [0, 0.05) is 38.0 Å². The number of ether oxygens (including phenoxy) is 1. The lowest BCUT2D eigenvalue weighted by molar-refractivity contribution is 0.00848. The maximum atomic E-state index is 12.2. The van der Waals surface area contributed by atoms with Crippen LogP contribution in [0.4, 0.5) is 10.5 Å². The summed E-state index contributed by atoms with van der Waals surface area (Å²) in [7, 11) is 1.78. The number of urea groups is 1. The molecule has 1 aromatic carbocycles. The van der Waals surface area contributed by atoms with Crippen molar-refractivity contribution < 1.29 is 14.3 Å². The Morgan fingerprint density at radius 1 is 1.24 bits per heavy atom. The molecule has 3 amide bonds. The Kier molecular flexibility index (Phi) is 7.73. The van der Waals surface area contributed by atoms with Crippen molar-refractivity contribution >= 4 is 17.6 Å². The number of carbonyl (C=O) groups excluding carboxylic acids is 2. The SMILES string of the molecule is CCCNC(=O)c1ccc(NC(=O)N(C)CC[C@@H]2CCCCO2)cc1. The zero-order chi connectivity index (χ0) is 18.1. The van der Waals surface area contributed by atoms with Crippen molar-refractivity contribution in [1.82, 2.24) is 10.2 Å². The van der Waals surface area contributed by atoms with Gasteiger partial charge in [-0.2, -0.15) is 0 Å². The second-order valence-electron chi connectivity index (χ2n) is 6.46. The Bertz CT molecular complexity index is 554. The Morgan fingerprint density at radius 2 is 2.00 bits per heavy atom. The van der Waals surface area contributed by atoms with Crippen molar-refractivity contribution in [3.63, 3.8) is 0 Å². The molecule has 0 saturated carbocycles. The molecule has 0 aromatic heterocycles. The number of nitrogens with zero attached hydrogens (tertiary/aromatic N) is 1. The molecule has 2 N–H and O–H groups in total.